The van der Waals surface area contributed by atoms with Crippen LogP contribution in [0, 0.1) is 0 Å². The first kappa shape index (κ1) is 24.1. The second kappa shape index (κ2) is 8.51. The molecule has 0 fully saturated rings. The summed E-state index contributed by atoms with van der Waals surface area (Å²) >= 11 is 0. The molecule has 0 unspecified atom stereocenters. The molecule has 9 heteroatoms. The summed E-state index contributed by atoms with van der Waals surface area (Å²) in [5.74, 6) is 0.930. The normalized spacial score (nSPS) is 26.0. The molecule has 3 atom stereocenters. The minimum atomic E-state index is -0.885. The van der Waals surface area contributed by atoms with Crippen LogP contribution in [0.2, 0.25) is 0 Å². The highest BCUT2D eigenvalue weighted by molar-refractivity contribution is 6.00. The van der Waals surface area contributed by atoms with E-state index in [4.69, 9.17) is 15.2 Å². The van der Waals surface area contributed by atoms with Crippen molar-refractivity contribution in [1.29, 1.82) is 0 Å². The molecule has 2 amide bonds. The number of amides is 2. The second-order valence-electron chi connectivity index (χ2n) is 10.9. The summed E-state index contributed by atoms with van der Waals surface area (Å²) in [6.07, 6.45) is -0.162. The molecular formula is C27H32N4O5. The predicted octanol–water partition coefficient (Wildman–Crippen LogP) is 2.84. The van der Waals surface area contributed by atoms with Crippen LogP contribution >= 0.6 is 0 Å². The first-order valence-electron chi connectivity index (χ1n) is 12.2. The van der Waals surface area contributed by atoms with Crippen LogP contribution in [0.4, 0.5) is 0 Å². The maximum Gasteiger partial charge on any atom is 0.251 e. The number of carbonyl (C=O) groups is 2. The third kappa shape index (κ3) is 4.39. The smallest absolute Gasteiger partial charge is 0.251 e. The predicted molar refractivity (Wildman–Crippen MR) is 134 cm³/mol. The van der Waals surface area contributed by atoms with Gasteiger partial charge < -0.3 is 25.6 Å². The van der Waals surface area contributed by atoms with Crippen molar-refractivity contribution >= 4 is 17.8 Å². The van der Waals surface area contributed by atoms with E-state index in [0.717, 1.165) is 5.56 Å². The Morgan fingerprint density at radius 3 is 2.64 bits per heavy atom. The molecule has 2 aromatic rings. The molecule has 3 heterocycles. The van der Waals surface area contributed by atoms with E-state index >= 15 is 0 Å². The molecule has 0 saturated carbocycles. The summed E-state index contributed by atoms with van der Waals surface area (Å²) in [7, 11) is 0. The van der Waals surface area contributed by atoms with Gasteiger partial charge in [0.1, 0.15) is 29.8 Å². The monoisotopic (exact) mass is 492 g/mol. The maximum absolute atomic E-state index is 13.3. The summed E-state index contributed by atoms with van der Waals surface area (Å²) in [5.41, 5.74) is 6.98. The van der Waals surface area contributed by atoms with Gasteiger partial charge in [0.25, 0.3) is 5.91 Å². The van der Waals surface area contributed by atoms with Gasteiger partial charge in [-0.15, -0.1) is 0 Å². The molecule has 36 heavy (non-hydrogen) atoms. The molecule has 0 aliphatic carbocycles. The molecule has 0 aromatic heterocycles. The van der Waals surface area contributed by atoms with Gasteiger partial charge in [0.05, 0.1) is 24.0 Å². The lowest BCUT2D eigenvalue weighted by atomic mass is 9.86. The number of rotatable bonds is 3. The Hall–Kier alpha value is -3.59. The maximum atomic E-state index is 13.3. The lowest BCUT2D eigenvalue weighted by Gasteiger charge is -2.44. The number of aliphatic hydroxyl groups excluding tert-OH is 1. The average molecular weight is 493 g/mol. The molecular weight excluding hydrogens is 460 g/mol. The van der Waals surface area contributed by atoms with Crippen LogP contribution in [0.5, 0.6) is 11.5 Å². The number of aliphatic imine (C=N–C) groups is 1. The highest BCUT2D eigenvalue weighted by Gasteiger charge is 2.43. The fraction of sp³-hybridized carbons (Fsp3) is 0.444. The molecule has 4 N–H and O–H groups in total. The molecule has 3 aliphatic rings. The summed E-state index contributed by atoms with van der Waals surface area (Å²) in [6, 6.07) is 11.4. The van der Waals surface area contributed by atoms with E-state index in [1.54, 1.807) is 18.2 Å². The van der Waals surface area contributed by atoms with Gasteiger partial charge >= 0.3 is 0 Å². The lowest BCUT2D eigenvalue weighted by molar-refractivity contribution is -0.132. The average Bonchev–Trinajstić information content (AvgIpc) is 2.78. The third-order valence-electron chi connectivity index (χ3n) is 6.87. The molecule has 5 rings (SSSR count). The Morgan fingerprint density at radius 2 is 1.89 bits per heavy atom. The van der Waals surface area contributed by atoms with Gasteiger partial charge in [0.15, 0.2) is 5.96 Å². The summed E-state index contributed by atoms with van der Waals surface area (Å²) < 4.78 is 11.8. The number of nitrogens with two attached hydrogens (primary N) is 1. The minimum Gasteiger partial charge on any atom is -0.490 e. The van der Waals surface area contributed by atoms with Crippen LogP contribution in [-0.2, 0) is 4.79 Å². The quantitative estimate of drug-likeness (QED) is 0.605. The van der Waals surface area contributed by atoms with Gasteiger partial charge in [0, 0.05) is 23.1 Å². The molecule has 2 aromatic carbocycles. The van der Waals surface area contributed by atoms with Crippen molar-refractivity contribution in [2.75, 3.05) is 6.61 Å². The summed E-state index contributed by atoms with van der Waals surface area (Å²) in [6.45, 7) is 7.76. The molecule has 3 aliphatic heterocycles. The number of nitrogens with one attached hydrogen (secondary N) is 1. The number of aliphatic hydroxyl groups is 1. The molecule has 0 radical (unpaired) electrons. The van der Waals surface area contributed by atoms with Gasteiger partial charge in [-0.2, -0.15) is 0 Å². The fourth-order valence-corrected chi connectivity index (χ4v) is 5.25. The van der Waals surface area contributed by atoms with E-state index in [2.05, 4.69) is 10.3 Å². The Balaban J connectivity index is 1.48. The minimum absolute atomic E-state index is 0.0865. The molecule has 190 valence electrons. The van der Waals surface area contributed by atoms with Gasteiger partial charge in [-0.25, -0.2) is 4.99 Å². The number of hydrogen-bond donors (Lipinski definition) is 3. The first-order valence-corrected chi connectivity index (χ1v) is 12.2. The number of para-hydroxylation sites is 1. The van der Waals surface area contributed by atoms with Crippen LogP contribution < -0.4 is 20.5 Å². The van der Waals surface area contributed by atoms with Crippen LogP contribution in [0.3, 0.4) is 0 Å². The van der Waals surface area contributed by atoms with Crippen molar-refractivity contribution in [3.63, 3.8) is 0 Å². The summed E-state index contributed by atoms with van der Waals surface area (Å²) in [4.78, 5) is 32.6. The third-order valence-corrected chi connectivity index (χ3v) is 6.87. The zero-order valence-corrected chi connectivity index (χ0v) is 20.9. The number of guanidine groups is 1. The highest BCUT2D eigenvalue weighted by atomic mass is 16.5. The topological polar surface area (TPSA) is 126 Å². The zero-order chi connectivity index (χ0) is 25.8. The van der Waals surface area contributed by atoms with Gasteiger partial charge in [0.2, 0.25) is 5.91 Å². The van der Waals surface area contributed by atoms with Crippen molar-refractivity contribution in [3.05, 3.63) is 59.2 Å². The number of carbonyl (C=O) groups excluding carboxylic acids is 2. The summed E-state index contributed by atoms with van der Waals surface area (Å²) in [5, 5.41) is 13.5. The van der Waals surface area contributed by atoms with E-state index in [9.17, 15) is 14.7 Å². The van der Waals surface area contributed by atoms with Crippen LogP contribution in [0.15, 0.2) is 47.5 Å². The van der Waals surface area contributed by atoms with E-state index in [0.29, 0.717) is 29.0 Å². The van der Waals surface area contributed by atoms with Crippen LogP contribution in [0.1, 0.15) is 74.1 Å². The Morgan fingerprint density at radius 1 is 1.14 bits per heavy atom. The van der Waals surface area contributed by atoms with E-state index < -0.39 is 29.3 Å². The number of nitrogens with zero attached hydrogens (tertiary/aromatic N) is 2. The van der Waals surface area contributed by atoms with Crippen molar-refractivity contribution < 1.29 is 24.2 Å². The van der Waals surface area contributed by atoms with Crippen molar-refractivity contribution in [2.24, 2.45) is 10.7 Å². The largest absolute Gasteiger partial charge is 0.490 e. The molecule has 0 spiro atoms. The zero-order valence-electron chi connectivity index (χ0n) is 20.9. The number of hydrogen-bond acceptors (Lipinski definition) is 7. The lowest BCUT2D eigenvalue weighted by Crippen LogP contribution is -2.53. The van der Waals surface area contributed by atoms with Gasteiger partial charge in [-0.05, 0) is 52.0 Å². The molecule has 0 bridgehead atoms. The SMILES string of the molecule is CC1(C)CC(=O)N([C@@H]2CC(C)(C)Oc3ccc(C(=O)N[C@@H]4c5ccccc5OC[C@H]4O)cc32)C(N)=N1. The standard InChI is InChI=1S/C27H32N4O5/c1-26(2)13-22(33)31(25(28)30-26)18-12-27(3,4)36-21-10-9-15(11-17(18)21)24(34)29-23-16-7-5-6-8-20(16)35-14-19(23)32/h5-11,18-19,23,32H,12-14H2,1-4H3,(H2,28,30)(H,29,34)/t18-,19-,23-/m1/s1. The van der Waals surface area contributed by atoms with E-state index in [1.807, 2.05) is 52.0 Å². The van der Waals surface area contributed by atoms with Crippen molar-refractivity contribution in [2.45, 2.75) is 69.9 Å². The highest BCUT2D eigenvalue weighted by Crippen LogP contribution is 2.44. The first-order chi connectivity index (χ1) is 16.9. The molecule has 9 nitrogen and oxygen atoms in total. The second-order valence-corrected chi connectivity index (χ2v) is 10.9. The van der Waals surface area contributed by atoms with Crippen molar-refractivity contribution in [1.82, 2.24) is 10.2 Å². The fourth-order valence-electron chi connectivity index (χ4n) is 5.25. The van der Waals surface area contributed by atoms with Crippen molar-refractivity contribution in [3.8, 4) is 11.5 Å². The molecule has 0 saturated heterocycles. The van der Waals surface area contributed by atoms with E-state index in [-0.39, 0.29) is 30.8 Å². The number of fused-ring (bicyclic) bond motifs is 2. The van der Waals surface area contributed by atoms with Crippen LogP contribution in [-0.4, -0.2) is 51.6 Å². The Labute approximate surface area is 210 Å². The van der Waals surface area contributed by atoms with Gasteiger partial charge in [-0.3, -0.25) is 14.5 Å². The number of benzene rings is 2. The van der Waals surface area contributed by atoms with Crippen LogP contribution in [0.25, 0.3) is 0 Å². The Bertz CT molecular complexity index is 1250. The Kier molecular flexibility index (Phi) is 5.70. The van der Waals surface area contributed by atoms with E-state index in [1.165, 1.54) is 4.90 Å². The number of ether oxygens (including phenoxy) is 2. The van der Waals surface area contributed by atoms with Gasteiger partial charge in [-0.1, -0.05) is 18.2 Å².